The number of rotatable bonds is 5. The van der Waals surface area contributed by atoms with E-state index in [9.17, 15) is 14.7 Å². The Labute approximate surface area is 176 Å². The number of aliphatic hydroxyl groups is 1. The number of amides is 2. The van der Waals surface area contributed by atoms with E-state index in [0.717, 1.165) is 11.8 Å². The molecule has 1 heterocycles. The first-order chi connectivity index (χ1) is 13.4. The van der Waals surface area contributed by atoms with Crippen LogP contribution in [0, 0.1) is 0 Å². The monoisotopic (exact) mass is 437 g/mol. The van der Waals surface area contributed by atoms with E-state index in [1.165, 1.54) is 13.0 Å². The number of aliphatic hydroxyl groups excluding tert-OH is 1. The van der Waals surface area contributed by atoms with Crippen LogP contribution >= 0.6 is 35.0 Å². The van der Waals surface area contributed by atoms with Crippen molar-refractivity contribution in [3.05, 3.63) is 70.0 Å². The van der Waals surface area contributed by atoms with Crippen LogP contribution < -0.4 is 15.5 Å². The van der Waals surface area contributed by atoms with Crippen molar-refractivity contribution in [3.63, 3.8) is 0 Å². The average molecular weight is 438 g/mol. The van der Waals surface area contributed by atoms with Gasteiger partial charge < -0.3 is 15.7 Å². The lowest BCUT2D eigenvalue weighted by Crippen LogP contribution is -2.51. The van der Waals surface area contributed by atoms with Gasteiger partial charge in [-0.3, -0.25) is 14.5 Å². The Morgan fingerprint density at radius 2 is 1.96 bits per heavy atom. The summed E-state index contributed by atoms with van der Waals surface area (Å²) >= 11 is 13.1. The molecule has 2 aromatic rings. The smallest absolute Gasteiger partial charge is 0.254 e. The van der Waals surface area contributed by atoms with Gasteiger partial charge in [-0.1, -0.05) is 41.4 Å². The third kappa shape index (κ3) is 4.55. The van der Waals surface area contributed by atoms with Crippen molar-refractivity contribution < 1.29 is 14.7 Å². The van der Waals surface area contributed by atoms with Gasteiger partial charge in [-0.2, -0.15) is 0 Å². The lowest BCUT2D eigenvalue weighted by Gasteiger charge is -2.36. The van der Waals surface area contributed by atoms with Crippen molar-refractivity contribution in [2.75, 3.05) is 16.0 Å². The van der Waals surface area contributed by atoms with Gasteiger partial charge in [0.15, 0.2) is 5.50 Å². The Hall–Kier alpha value is -2.35. The number of benzene rings is 2. The van der Waals surface area contributed by atoms with E-state index in [1.54, 1.807) is 17.0 Å². The summed E-state index contributed by atoms with van der Waals surface area (Å²) in [6.45, 7) is 1.54. The molecule has 146 valence electrons. The minimum atomic E-state index is -0.648. The lowest BCUT2D eigenvalue weighted by molar-refractivity contribution is -0.118. The highest BCUT2D eigenvalue weighted by atomic mass is 35.5. The van der Waals surface area contributed by atoms with E-state index in [0.29, 0.717) is 21.4 Å². The highest BCUT2D eigenvalue weighted by molar-refractivity contribution is 8.00. The van der Waals surface area contributed by atoms with E-state index in [2.05, 4.69) is 10.6 Å². The van der Waals surface area contributed by atoms with Gasteiger partial charge in [0.25, 0.3) is 5.91 Å². The van der Waals surface area contributed by atoms with Gasteiger partial charge in [0, 0.05) is 10.7 Å². The molecule has 9 heteroatoms. The van der Waals surface area contributed by atoms with Gasteiger partial charge in [0.05, 0.1) is 22.0 Å². The molecule has 1 atom stereocenters. The lowest BCUT2D eigenvalue weighted by atomic mass is 10.2. The quantitative estimate of drug-likeness (QED) is 0.646. The molecular formula is C19H17Cl2N3O3S. The molecule has 1 aliphatic heterocycles. The summed E-state index contributed by atoms with van der Waals surface area (Å²) in [4.78, 5) is 26.0. The molecule has 0 bridgehead atoms. The third-order valence-electron chi connectivity index (χ3n) is 4.01. The maximum Gasteiger partial charge on any atom is 0.254 e. The summed E-state index contributed by atoms with van der Waals surface area (Å²) in [6, 6.07) is 13.9. The highest BCUT2D eigenvalue weighted by Gasteiger charge is 2.33. The van der Waals surface area contributed by atoms with Crippen LogP contribution in [0.1, 0.15) is 6.92 Å². The standard InChI is InChI=1S/C19H17Cl2N3O3S/c1-11-17(26)23-19(24(18(11)27)13-5-3-2-4-6-13)28-10-16(25)22-15-8-7-12(20)9-14(15)21/h2-9,19,27H,10H2,1H3,(H,22,25)(H,23,26)/t19-/m1/s1. The predicted octanol–water partition coefficient (Wildman–Crippen LogP) is 4.37. The second-order valence-electron chi connectivity index (χ2n) is 5.96. The summed E-state index contributed by atoms with van der Waals surface area (Å²) < 4.78 is 0. The molecule has 0 radical (unpaired) electrons. The Bertz CT molecular complexity index is 937. The van der Waals surface area contributed by atoms with Crippen molar-refractivity contribution >= 4 is 58.2 Å². The number of nitrogens with zero attached hydrogens (tertiary/aromatic N) is 1. The average Bonchev–Trinajstić information content (AvgIpc) is 2.67. The van der Waals surface area contributed by atoms with Crippen LogP contribution in [-0.2, 0) is 9.59 Å². The zero-order valence-electron chi connectivity index (χ0n) is 14.8. The summed E-state index contributed by atoms with van der Waals surface area (Å²) in [6.07, 6.45) is 0. The second-order valence-corrected chi connectivity index (χ2v) is 7.88. The summed E-state index contributed by atoms with van der Waals surface area (Å²) in [7, 11) is 0. The molecule has 0 saturated heterocycles. The zero-order valence-corrected chi connectivity index (χ0v) is 17.1. The molecule has 3 rings (SSSR count). The van der Waals surface area contributed by atoms with Crippen molar-refractivity contribution in [3.8, 4) is 0 Å². The topological polar surface area (TPSA) is 81.7 Å². The van der Waals surface area contributed by atoms with E-state index in [4.69, 9.17) is 23.2 Å². The molecule has 0 aliphatic carbocycles. The van der Waals surface area contributed by atoms with E-state index in [-0.39, 0.29) is 29.0 Å². The van der Waals surface area contributed by atoms with Gasteiger partial charge in [0.2, 0.25) is 11.8 Å². The number of carbonyl (C=O) groups is 2. The minimum Gasteiger partial charge on any atom is -0.494 e. The number of thioether (sulfide) groups is 1. The minimum absolute atomic E-state index is 0.0273. The molecule has 2 amide bonds. The number of nitrogens with one attached hydrogen (secondary N) is 2. The molecule has 6 nitrogen and oxygen atoms in total. The summed E-state index contributed by atoms with van der Waals surface area (Å²) in [5.74, 6) is -0.807. The molecule has 2 aromatic carbocycles. The molecule has 0 saturated carbocycles. The molecular weight excluding hydrogens is 421 g/mol. The Kier molecular flexibility index (Phi) is 6.39. The van der Waals surface area contributed by atoms with Gasteiger partial charge in [-0.05, 0) is 37.3 Å². The Morgan fingerprint density at radius 3 is 2.64 bits per heavy atom. The number of hydrogen-bond donors (Lipinski definition) is 3. The molecule has 1 aliphatic rings. The van der Waals surface area contributed by atoms with Gasteiger partial charge in [-0.25, -0.2) is 0 Å². The van der Waals surface area contributed by atoms with Gasteiger partial charge in [-0.15, -0.1) is 11.8 Å². The molecule has 0 spiro atoms. The summed E-state index contributed by atoms with van der Waals surface area (Å²) in [5, 5.41) is 16.8. The predicted molar refractivity (Wildman–Crippen MR) is 114 cm³/mol. The SMILES string of the molecule is CC1=C(O)N(c2ccccc2)[C@H](SCC(=O)Nc2ccc(Cl)cc2Cl)NC1=O. The number of halogens is 2. The highest BCUT2D eigenvalue weighted by Crippen LogP contribution is 2.30. The number of carbonyl (C=O) groups excluding carboxylic acids is 2. The van der Waals surface area contributed by atoms with Crippen molar-refractivity contribution in [1.29, 1.82) is 0 Å². The maximum atomic E-state index is 12.3. The van der Waals surface area contributed by atoms with Crippen molar-refractivity contribution in [2.45, 2.75) is 12.4 Å². The van der Waals surface area contributed by atoms with Crippen LogP contribution in [0.15, 0.2) is 60.0 Å². The number of hydrogen-bond acceptors (Lipinski definition) is 5. The fraction of sp³-hybridized carbons (Fsp3) is 0.158. The number of para-hydroxylation sites is 1. The van der Waals surface area contributed by atoms with Gasteiger partial charge in [0.1, 0.15) is 0 Å². The van der Waals surface area contributed by atoms with Crippen LogP contribution in [0.5, 0.6) is 0 Å². The first-order valence-electron chi connectivity index (χ1n) is 8.28. The summed E-state index contributed by atoms with van der Waals surface area (Å²) in [5.41, 5.74) is 0.698. The molecule has 3 N–H and O–H groups in total. The van der Waals surface area contributed by atoms with Crippen LogP contribution in [0.25, 0.3) is 0 Å². The molecule has 0 aromatic heterocycles. The van der Waals surface area contributed by atoms with Crippen molar-refractivity contribution in [2.24, 2.45) is 0 Å². The number of anilines is 2. The largest absolute Gasteiger partial charge is 0.494 e. The van der Waals surface area contributed by atoms with Crippen molar-refractivity contribution in [1.82, 2.24) is 5.32 Å². The first kappa shape index (κ1) is 20.4. The third-order valence-corrected chi connectivity index (χ3v) is 5.63. The second kappa shape index (κ2) is 8.77. The van der Waals surface area contributed by atoms with Gasteiger partial charge >= 0.3 is 0 Å². The van der Waals surface area contributed by atoms with E-state index in [1.807, 2.05) is 30.3 Å². The van der Waals surface area contributed by atoms with Crippen LogP contribution in [0.2, 0.25) is 10.0 Å². The first-order valence-corrected chi connectivity index (χ1v) is 10.1. The van der Waals surface area contributed by atoms with Crippen LogP contribution in [-0.4, -0.2) is 28.2 Å². The fourth-order valence-corrected chi connectivity index (χ4v) is 3.97. The Morgan fingerprint density at radius 1 is 1.25 bits per heavy atom. The van der Waals surface area contributed by atoms with E-state index < -0.39 is 5.50 Å². The zero-order chi connectivity index (χ0) is 20.3. The maximum absolute atomic E-state index is 12.3. The fourth-order valence-electron chi connectivity index (χ4n) is 2.57. The molecule has 0 fully saturated rings. The van der Waals surface area contributed by atoms with E-state index >= 15 is 0 Å². The van der Waals surface area contributed by atoms with Crippen LogP contribution in [0.4, 0.5) is 11.4 Å². The Balaban J connectivity index is 1.72. The molecule has 0 unspecified atom stereocenters. The molecule has 28 heavy (non-hydrogen) atoms. The van der Waals surface area contributed by atoms with Crippen LogP contribution in [0.3, 0.4) is 0 Å². The normalized spacial score (nSPS) is 16.8.